The van der Waals surface area contributed by atoms with Gasteiger partial charge in [0.25, 0.3) is 0 Å². The molecule has 2 aliphatic heterocycles. The Morgan fingerprint density at radius 1 is 0.815 bits per heavy atom. The van der Waals surface area contributed by atoms with Gasteiger partial charge in [0.15, 0.2) is 0 Å². The number of rotatable bonds is 4. The average molecular weight is 385 g/mol. The van der Waals surface area contributed by atoms with E-state index in [0.717, 1.165) is 0 Å². The molecule has 0 amide bonds. The largest absolute Gasteiger partial charge is 0.299 e. The molecule has 2 unspecified atom stereocenters. The van der Waals surface area contributed by atoms with Gasteiger partial charge in [0.05, 0.1) is 0 Å². The van der Waals surface area contributed by atoms with Crippen molar-refractivity contribution in [2.75, 3.05) is 27.2 Å². The lowest BCUT2D eigenvalue weighted by Crippen LogP contribution is -2.44. The summed E-state index contributed by atoms with van der Waals surface area (Å²) in [4.78, 5) is 5.24. The molecule has 0 saturated heterocycles. The fraction of sp³-hybridized carbons (Fsp3) is 0.500. The van der Waals surface area contributed by atoms with Gasteiger partial charge in [0.2, 0.25) is 0 Å². The van der Waals surface area contributed by atoms with E-state index in [4.69, 9.17) is 0 Å². The van der Waals surface area contributed by atoms with E-state index in [1.54, 1.807) is 22.3 Å². The van der Waals surface area contributed by atoms with E-state index in [2.05, 4.69) is 79.3 Å². The molecule has 3 heteroatoms. The van der Waals surface area contributed by atoms with Crippen LogP contribution < -0.4 is 0 Å². The highest BCUT2D eigenvalue weighted by atomic mass is 35.5. The first-order valence-electron chi connectivity index (χ1n) is 10.3. The number of hydrogen-bond donors (Lipinski definition) is 0. The van der Waals surface area contributed by atoms with Crippen LogP contribution in [0.15, 0.2) is 48.5 Å². The second-order valence-electron chi connectivity index (χ2n) is 8.20. The van der Waals surface area contributed by atoms with E-state index < -0.39 is 0 Å². The molecule has 2 aromatic carbocycles. The lowest BCUT2D eigenvalue weighted by atomic mass is 9.74. The standard InChI is InChI=1S/C24H32N2.ClH/c1-4-9-22(23-20-12-7-5-10-18(20)14-16-25(23)2)24-21-13-8-6-11-19(21)15-17-26(24)3;/h5-8,10-13,22-24H,4,9,14-17H2,1-3H3;1H. The Morgan fingerprint density at radius 3 is 1.70 bits per heavy atom. The van der Waals surface area contributed by atoms with Gasteiger partial charge in [0.1, 0.15) is 0 Å². The Kier molecular flexibility index (Phi) is 6.62. The summed E-state index contributed by atoms with van der Waals surface area (Å²) >= 11 is 0. The number of nitrogens with zero attached hydrogens (tertiary/aromatic N) is 2. The van der Waals surface area contributed by atoms with Crippen molar-refractivity contribution in [2.45, 2.75) is 44.7 Å². The third-order valence-electron chi connectivity index (χ3n) is 6.60. The maximum Gasteiger partial charge on any atom is 0.0394 e. The van der Waals surface area contributed by atoms with Crippen LogP contribution >= 0.6 is 12.4 Å². The SMILES string of the molecule is CCCC(C1c2ccccc2CCN1C)C1c2ccccc2CCN1C.Cl. The highest BCUT2D eigenvalue weighted by Crippen LogP contribution is 2.46. The van der Waals surface area contributed by atoms with E-state index >= 15 is 0 Å². The molecule has 4 rings (SSSR count). The molecule has 0 bridgehead atoms. The zero-order valence-corrected chi connectivity index (χ0v) is 17.7. The second-order valence-corrected chi connectivity index (χ2v) is 8.20. The van der Waals surface area contributed by atoms with Crippen molar-refractivity contribution < 1.29 is 0 Å². The van der Waals surface area contributed by atoms with Gasteiger partial charge in [-0.2, -0.15) is 0 Å². The van der Waals surface area contributed by atoms with Crippen LogP contribution in [-0.2, 0) is 12.8 Å². The third kappa shape index (κ3) is 3.81. The Morgan fingerprint density at radius 2 is 1.26 bits per heavy atom. The lowest BCUT2D eigenvalue weighted by Gasteiger charge is -2.47. The molecule has 0 saturated carbocycles. The van der Waals surface area contributed by atoms with Crippen molar-refractivity contribution in [2.24, 2.45) is 5.92 Å². The van der Waals surface area contributed by atoms with Crippen molar-refractivity contribution in [3.05, 3.63) is 70.8 Å². The predicted molar refractivity (Wildman–Crippen MR) is 117 cm³/mol. The summed E-state index contributed by atoms with van der Waals surface area (Å²) in [5, 5.41) is 0. The summed E-state index contributed by atoms with van der Waals surface area (Å²) in [6.07, 6.45) is 4.87. The Balaban J connectivity index is 0.00000210. The van der Waals surface area contributed by atoms with Crippen LogP contribution in [0.25, 0.3) is 0 Å². The highest BCUT2D eigenvalue weighted by molar-refractivity contribution is 5.85. The van der Waals surface area contributed by atoms with Crippen LogP contribution in [0, 0.1) is 5.92 Å². The molecule has 0 aromatic heterocycles. The first-order chi connectivity index (χ1) is 12.7. The minimum atomic E-state index is 0. The summed E-state index contributed by atoms with van der Waals surface area (Å²) < 4.78 is 0. The van der Waals surface area contributed by atoms with Gasteiger partial charge in [-0.05, 0) is 61.5 Å². The number of benzene rings is 2. The molecule has 0 N–H and O–H groups in total. The summed E-state index contributed by atoms with van der Waals surface area (Å²) in [7, 11) is 4.66. The van der Waals surface area contributed by atoms with Crippen LogP contribution in [0.3, 0.4) is 0 Å². The monoisotopic (exact) mass is 384 g/mol. The van der Waals surface area contributed by atoms with Crippen molar-refractivity contribution >= 4 is 12.4 Å². The zero-order chi connectivity index (χ0) is 18.1. The minimum absolute atomic E-state index is 0. The number of hydrogen-bond acceptors (Lipinski definition) is 2. The molecule has 0 fully saturated rings. The topological polar surface area (TPSA) is 6.48 Å². The first-order valence-corrected chi connectivity index (χ1v) is 10.3. The summed E-state index contributed by atoms with van der Waals surface area (Å²) in [5.41, 5.74) is 6.25. The lowest BCUT2D eigenvalue weighted by molar-refractivity contribution is 0.0693. The van der Waals surface area contributed by atoms with Gasteiger partial charge >= 0.3 is 0 Å². The fourth-order valence-electron chi connectivity index (χ4n) is 5.38. The van der Waals surface area contributed by atoms with Crippen LogP contribution in [-0.4, -0.2) is 37.0 Å². The smallest absolute Gasteiger partial charge is 0.0394 e. The van der Waals surface area contributed by atoms with E-state index in [0.29, 0.717) is 18.0 Å². The summed E-state index contributed by atoms with van der Waals surface area (Å²) in [6.45, 7) is 4.68. The normalized spacial score (nSPS) is 23.8. The van der Waals surface area contributed by atoms with Crippen molar-refractivity contribution in [1.29, 1.82) is 0 Å². The van der Waals surface area contributed by atoms with Gasteiger partial charge in [0, 0.05) is 25.2 Å². The van der Waals surface area contributed by atoms with Gasteiger partial charge in [-0.25, -0.2) is 0 Å². The fourth-order valence-corrected chi connectivity index (χ4v) is 5.38. The minimum Gasteiger partial charge on any atom is -0.299 e. The molecule has 0 spiro atoms. The van der Waals surface area contributed by atoms with Crippen LogP contribution in [0.1, 0.15) is 54.1 Å². The third-order valence-corrected chi connectivity index (χ3v) is 6.60. The molecule has 2 aromatic rings. The zero-order valence-electron chi connectivity index (χ0n) is 16.9. The van der Waals surface area contributed by atoms with Gasteiger partial charge in [-0.3, -0.25) is 9.80 Å². The summed E-state index contributed by atoms with van der Waals surface area (Å²) in [5.74, 6) is 0.623. The molecular weight excluding hydrogens is 352 g/mol. The number of fused-ring (bicyclic) bond motifs is 2. The van der Waals surface area contributed by atoms with Crippen LogP contribution in [0.2, 0.25) is 0 Å². The molecule has 146 valence electrons. The quantitative estimate of drug-likeness (QED) is 0.707. The van der Waals surface area contributed by atoms with Crippen LogP contribution in [0.4, 0.5) is 0 Å². The Hall–Kier alpha value is -1.35. The maximum atomic E-state index is 2.62. The number of halogens is 1. The van der Waals surface area contributed by atoms with Crippen molar-refractivity contribution in [3.63, 3.8) is 0 Å². The van der Waals surface area contributed by atoms with E-state index in [-0.39, 0.29) is 12.4 Å². The molecule has 2 atom stereocenters. The Labute approximate surface area is 171 Å². The van der Waals surface area contributed by atoms with Gasteiger partial charge in [-0.15, -0.1) is 12.4 Å². The number of likely N-dealkylation sites (N-methyl/N-ethyl adjacent to an activating group) is 2. The average Bonchev–Trinajstić information content (AvgIpc) is 2.67. The molecule has 2 aliphatic rings. The van der Waals surface area contributed by atoms with Crippen molar-refractivity contribution in [1.82, 2.24) is 9.80 Å². The molecular formula is C24H33ClN2. The molecule has 2 nitrogen and oxygen atoms in total. The van der Waals surface area contributed by atoms with Crippen LogP contribution in [0.5, 0.6) is 0 Å². The van der Waals surface area contributed by atoms with E-state index in [9.17, 15) is 0 Å². The maximum absolute atomic E-state index is 2.62. The second kappa shape index (κ2) is 8.77. The first kappa shape index (κ1) is 20.4. The van der Waals surface area contributed by atoms with Gasteiger partial charge in [-0.1, -0.05) is 61.9 Å². The molecule has 0 aliphatic carbocycles. The van der Waals surface area contributed by atoms with Crippen molar-refractivity contribution in [3.8, 4) is 0 Å². The summed E-state index contributed by atoms with van der Waals surface area (Å²) in [6, 6.07) is 19.3. The van der Waals surface area contributed by atoms with E-state index in [1.807, 2.05) is 0 Å². The van der Waals surface area contributed by atoms with E-state index in [1.165, 1.54) is 38.8 Å². The highest BCUT2D eigenvalue weighted by Gasteiger charge is 2.39. The molecule has 0 radical (unpaired) electrons. The molecule has 2 heterocycles. The van der Waals surface area contributed by atoms with Gasteiger partial charge < -0.3 is 0 Å². The Bertz CT molecular complexity index is 698. The predicted octanol–water partition coefficient (Wildman–Crippen LogP) is 5.28. The molecule has 27 heavy (non-hydrogen) atoms.